The molecule has 434 valence electrons. The van der Waals surface area contributed by atoms with Gasteiger partial charge in [0, 0.05) is 91.1 Å². The minimum absolute atomic E-state index is 0.0639. The number of sulfonamides is 2. The molecule has 0 unspecified atom stereocenters. The van der Waals surface area contributed by atoms with Gasteiger partial charge in [0.1, 0.15) is 23.7 Å². The molecule has 1 saturated heterocycles. The monoisotopic (exact) mass is 1210 g/mol. The molecule has 3 atom stereocenters. The van der Waals surface area contributed by atoms with E-state index in [-0.39, 0.29) is 119 Å². The van der Waals surface area contributed by atoms with Gasteiger partial charge < -0.3 is 54.6 Å². The van der Waals surface area contributed by atoms with Gasteiger partial charge in [-0.15, -0.1) is 0 Å². The zero-order valence-corrected chi connectivity index (χ0v) is 48.7. The van der Waals surface area contributed by atoms with E-state index in [2.05, 4.69) is 47.6 Å². The van der Waals surface area contributed by atoms with Crippen LogP contribution in [0.4, 0.5) is 9.59 Å². The molecule has 1 fully saturated rings. The fraction of sp³-hybridized carbons (Fsp3) is 0.509. The fourth-order valence-corrected chi connectivity index (χ4v) is 12.4. The highest BCUT2D eigenvalue weighted by Gasteiger charge is 2.40. The number of carbonyl (C=O) groups is 2. The van der Waals surface area contributed by atoms with Gasteiger partial charge in [-0.05, 0) is 129 Å². The number of fused-ring (bicyclic) bond motifs is 2. The fourth-order valence-electron chi connectivity index (χ4n) is 9.22. The van der Waals surface area contributed by atoms with Crippen molar-refractivity contribution in [2.75, 3.05) is 125 Å². The number of unbranched alkanes of at least 4 members (excludes halogenated alkanes) is 1. The Kier molecular flexibility index (Phi) is 24.7. The highest BCUT2D eigenvalue weighted by Crippen LogP contribution is 2.43. The highest BCUT2D eigenvalue weighted by molar-refractivity contribution is 7.89. The molecular weight excluding hydrogens is 1150 g/mol. The van der Waals surface area contributed by atoms with Gasteiger partial charge in [0.2, 0.25) is 20.0 Å². The van der Waals surface area contributed by atoms with Crippen molar-refractivity contribution in [1.29, 1.82) is 0 Å². The number of piperazine rings is 1. The van der Waals surface area contributed by atoms with Crippen molar-refractivity contribution in [3.05, 3.63) is 115 Å². The summed E-state index contributed by atoms with van der Waals surface area (Å²) in [7, 11) is -5.44. The van der Waals surface area contributed by atoms with Gasteiger partial charge in [0.15, 0.2) is 0 Å². The summed E-state index contributed by atoms with van der Waals surface area (Å²) in [6.45, 7) is 7.08. The predicted octanol–water partition coefficient (Wildman–Crippen LogP) is 6.36. The summed E-state index contributed by atoms with van der Waals surface area (Å²) in [6, 6.07) is 19.2. The Hall–Kier alpha value is -4.24. The van der Waals surface area contributed by atoms with Crippen LogP contribution in [0.25, 0.3) is 0 Å². The van der Waals surface area contributed by atoms with Gasteiger partial charge in [0.25, 0.3) is 0 Å². The van der Waals surface area contributed by atoms with E-state index in [1.165, 1.54) is 24.3 Å². The first-order valence-electron chi connectivity index (χ1n) is 26.3. The van der Waals surface area contributed by atoms with E-state index in [0.717, 1.165) is 67.7 Å². The van der Waals surface area contributed by atoms with Crippen molar-refractivity contribution in [1.82, 2.24) is 40.5 Å². The van der Waals surface area contributed by atoms with Gasteiger partial charge in [-0.2, -0.15) is 0 Å². The molecule has 79 heavy (non-hydrogen) atoms. The minimum Gasteiger partial charge on any atom is -0.486 e. The zero-order chi connectivity index (χ0) is 56.2. The molecule has 4 aromatic carbocycles. The molecule has 6 N–H and O–H groups in total. The average molecular weight is 1220 g/mol. The maximum Gasteiger partial charge on any atom is 0.314 e. The molecule has 4 amide bonds. The summed E-state index contributed by atoms with van der Waals surface area (Å²) < 4.78 is 91.3. The molecule has 7 rings (SSSR count). The number of rotatable bonds is 32. The van der Waals surface area contributed by atoms with E-state index in [1.807, 2.05) is 12.1 Å². The van der Waals surface area contributed by atoms with E-state index < -0.39 is 20.0 Å². The molecule has 0 aromatic heterocycles. The quantitative estimate of drug-likeness (QED) is 0.0292. The molecule has 4 aromatic rings. The van der Waals surface area contributed by atoms with Gasteiger partial charge in [-0.1, -0.05) is 46.4 Å². The third-order valence-corrected chi connectivity index (χ3v) is 17.4. The minimum atomic E-state index is -3.80. The lowest BCUT2D eigenvalue weighted by atomic mass is 10.1. The first kappa shape index (κ1) is 62.4. The smallest absolute Gasteiger partial charge is 0.314 e. The molecule has 0 radical (unpaired) electrons. The number of urea groups is 2. The number of nitrogens with one attached hydrogen (secondary N) is 6. The van der Waals surface area contributed by atoms with Crippen molar-refractivity contribution >= 4 is 78.5 Å². The molecule has 26 heteroatoms. The van der Waals surface area contributed by atoms with Crippen molar-refractivity contribution in [3.63, 3.8) is 0 Å². The molecule has 0 bridgehead atoms. The molecule has 1 heterocycles. The van der Waals surface area contributed by atoms with Gasteiger partial charge in [-0.25, -0.2) is 35.9 Å². The lowest BCUT2D eigenvalue weighted by Crippen LogP contribution is -2.50. The molecule has 1 aliphatic heterocycles. The first-order valence-corrected chi connectivity index (χ1v) is 30.8. The van der Waals surface area contributed by atoms with Gasteiger partial charge >= 0.3 is 12.1 Å². The number of amides is 4. The van der Waals surface area contributed by atoms with E-state index >= 15 is 0 Å². The summed E-state index contributed by atoms with van der Waals surface area (Å²) in [4.78, 5) is 29.1. The van der Waals surface area contributed by atoms with Crippen LogP contribution in [-0.4, -0.2) is 170 Å². The molecule has 0 saturated carbocycles. The largest absolute Gasteiger partial charge is 0.486 e. The number of hydrogen-bond donors (Lipinski definition) is 6. The van der Waals surface area contributed by atoms with Crippen LogP contribution in [0.2, 0.25) is 20.1 Å². The summed E-state index contributed by atoms with van der Waals surface area (Å²) >= 11 is 25.6. The second kappa shape index (κ2) is 31.3. The standard InChI is InChI=1S/C53H70Cl4N8O12S2/c1-64-20-22-65(23-21-64)49-36-44-46(33-38(55)35-48(44)57)51(49)77-40-6-10-42(11-7-40)79(70,71)63-19-27-75-31-29-73-25-17-61-53(67)59-15-3-2-14-58-52(66)60-16-24-72-28-30-74-26-18-62-78(68,69)41-8-4-39(5-9-41)76-50-13-12-43-45(50)32-37(54)34-47(43)56/h4-11,32-35,49-51,62-63H,2-3,12-31,36H2,1H3,(H2,58,60,66)(H2,59,61,67)/t49-,50+,51-/m0/s1. The van der Waals surface area contributed by atoms with Crippen LogP contribution in [0.15, 0.2) is 82.6 Å². The van der Waals surface area contributed by atoms with E-state index in [0.29, 0.717) is 57.5 Å². The maximum absolute atomic E-state index is 13.0. The van der Waals surface area contributed by atoms with Crippen LogP contribution in [0.5, 0.6) is 11.5 Å². The second-order valence-electron chi connectivity index (χ2n) is 19.0. The van der Waals surface area contributed by atoms with Crippen LogP contribution >= 0.6 is 46.4 Å². The third kappa shape index (κ3) is 19.4. The number of carbonyl (C=O) groups excluding carboxylic acids is 2. The summed E-state index contributed by atoms with van der Waals surface area (Å²) in [6.07, 6.45) is 3.02. The lowest BCUT2D eigenvalue weighted by Gasteiger charge is -2.38. The van der Waals surface area contributed by atoms with Crippen LogP contribution in [0.3, 0.4) is 0 Å². The average Bonchev–Trinajstić information content (AvgIpc) is 4.09. The van der Waals surface area contributed by atoms with Gasteiger partial charge in [0.05, 0.1) is 68.7 Å². The van der Waals surface area contributed by atoms with Crippen molar-refractivity contribution in [3.8, 4) is 11.5 Å². The van der Waals surface area contributed by atoms with Gasteiger partial charge in [-0.3, -0.25) is 4.90 Å². The van der Waals surface area contributed by atoms with Crippen LogP contribution in [-0.2, 0) is 51.8 Å². The number of benzene rings is 4. The van der Waals surface area contributed by atoms with Crippen LogP contribution in [0.1, 0.15) is 53.7 Å². The number of nitrogens with zero attached hydrogens (tertiary/aromatic N) is 2. The highest BCUT2D eigenvalue weighted by atomic mass is 35.5. The molecule has 0 spiro atoms. The normalized spacial score (nSPS) is 17.5. The molecular formula is C53H70Cl4N8O12S2. The number of likely N-dealkylation sites (N-methyl/N-ethyl adjacent to an activating group) is 1. The molecule has 3 aliphatic rings. The Morgan fingerprint density at radius 1 is 0.544 bits per heavy atom. The topological polar surface area (TPSA) is 236 Å². The SMILES string of the molecule is CN1CCN([C@H]2Cc3c(Cl)cc(Cl)cc3[C@@H]2Oc2ccc(S(=O)(=O)NCCOCCOCCNC(=O)NCCCCNC(=O)NCCOCCOCCNS(=O)(=O)c3ccc(O[C@@H]4CCc5c(Cl)cc(Cl)cc54)cc3)cc2)CC1. The lowest BCUT2D eigenvalue weighted by molar-refractivity contribution is 0.0454. The van der Waals surface area contributed by atoms with Crippen LogP contribution < -0.4 is 40.2 Å². The predicted molar refractivity (Wildman–Crippen MR) is 303 cm³/mol. The number of ether oxygens (including phenoxy) is 6. The van der Waals surface area contributed by atoms with Crippen molar-refractivity contribution in [2.45, 2.75) is 60.1 Å². The maximum atomic E-state index is 13.0. The van der Waals surface area contributed by atoms with E-state index in [9.17, 15) is 26.4 Å². The van der Waals surface area contributed by atoms with Crippen LogP contribution in [0, 0.1) is 0 Å². The second-order valence-corrected chi connectivity index (χ2v) is 24.2. The first-order chi connectivity index (χ1) is 38.1. The van der Waals surface area contributed by atoms with Crippen molar-refractivity contribution < 1.29 is 54.8 Å². The van der Waals surface area contributed by atoms with E-state index in [1.54, 1.807) is 36.4 Å². The zero-order valence-electron chi connectivity index (χ0n) is 44.0. The third-order valence-electron chi connectivity index (χ3n) is 13.3. The molecule has 20 nitrogen and oxygen atoms in total. The Labute approximate surface area is 483 Å². The van der Waals surface area contributed by atoms with E-state index in [4.69, 9.17) is 74.8 Å². The summed E-state index contributed by atoms with van der Waals surface area (Å²) in [5, 5.41) is 13.2. The summed E-state index contributed by atoms with van der Waals surface area (Å²) in [5.74, 6) is 1.07. The molecule has 2 aliphatic carbocycles. The summed E-state index contributed by atoms with van der Waals surface area (Å²) in [5.41, 5.74) is 3.94. The Morgan fingerprint density at radius 3 is 1.49 bits per heavy atom. The Bertz CT molecular complexity index is 2840. The number of halogens is 4. The Morgan fingerprint density at radius 2 is 0.987 bits per heavy atom. The Balaban J connectivity index is 0.625. The number of hydrogen-bond acceptors (Lipinski definition) is 14. The van der Waals surface area contributed by atoms with Crippen molar-refractivity contribution in [2.24, 2.45) is 0 Å².